The number of rotatable bonds is 2. The fraction of sp³-hybridized carbons (Fsp3) is 0.545. The second-order valence-electron chi connectivity index (χ2n) is 3.80. The number of aromatic nitrogens is 2. The maximum Gasteiger partial charge on any atom is 0.169 e. The van der Waals surface area contributed by atoms with Gasteiger partial charge in [-0.25, -0.2) is 0 Å². The van der Waals surface area contributed by atoms with Gasteiger partial charge in [0.25, 0.3) is 0 Å². The van der Waals surface area contributed by atoms with Crippen LogP contribution in [0.2, 0.25) is 0 Å². The van der Waals surface area contributed by atoms with Crippen LogP contribution in [-0.2, 0) is 0 Å². The average molecular weight is 217 g/mol. The van der Waals surface area contributed by atoms with Gasteiger partial charge >= 0.3 is 0 Å². The van der Waals surface area contributed by atoms with E-state index in [0.29, 0.717) is 5.56 Å². The molecule has 0 unspecified atom stereocenters. The number of likely N-dealkylation sites (N-methyl/N-ethyl adjacent to an activating group) is 1. The molecule has 0 N–H and O–H groups in total. The monoisotopic (exact) mass is 217 g/mol. The summed E-state index contributed by atoms with van der Waals surface area (Å²) >= 11 is 0. The summed E-state index contributed by atoms with van der Waals surface area (Å²) in [5.74, 6) is 0.723. The maximum atomic E-state index is 8.99. The summed E-state index contributed by atoms with van der Waals surface area (Å²) in [5.41, 5.74) is 0.611. The van der Waals surface area contributed by atoms with E-state index in [0.717, 1.165) is 38.5 Å². The number of hydrogen-bond acceptors (Lipinski definition) is 5. The highest BCUT2D eigenvalue weighted by molar-refractivity contribution is 5.52. The molecule has 1 aromatic rings. The molecule has 1 aromatic heterocycles. The van der Waals surface area contributed by atoms with Crippen LogP contribution in [0.4, 0.5) is 5.82 Å². The van der Waals surface area contributed by atoms with Crippen LogP contribution in [0.1, 0.15) is 12.5 Å². The lowest BCUT2D eigenvalue weighted by Gasteiger charge is -2.34. The van der Waals surface area contributed by atoms with Gasteiger partial charge in [0, 0.05) is 26.2 Å². The van der Waals surface area contributed by atoms with Crippen LogP contribution >= 0.6 is 0 Å². The molecule has 0 saturated carbocycles. The summed E-state index contributed by atoms with van der Waals surface area (Å²) < 4.78 is 0. The van der Waals surface area contributed by atoms with E-state index in [2.05, 4.69) is 33.0 Å². The summed E-state index contributed by atoms with van der Waals surface area (Å²) in [4.78, 5) is 4.52. The molecule has 0 bridgehead atoms. The third kappa shape index (κ3) is 2.12. The molecule has 2 heterocycles. The highest BCUT2D eigenvalue weighted by Gasteiger charge is 2.19. The van der Waals surface area contributed by atoms with Crippen molar-refractivity contribution in [2.45, 2.75) is 6.92 Å². The lowest BCUT2D eigenvalue weighted by molar-refractivity contribution is 0.270. The van der Waals surface area contributed by atoms with Crippen LogP contribution in [-0.4, -0.2) is 47.8 Å². The topological polar surface area (TPSA) is 56.1 Å². The molecule has 0 atom stereocenters. The van der Waals surface area contributed by atoms with Crippen molar-refractivity contribution in [3.63, 3.8) is 0 Å². The van der Waals surface area contributed by atoms with Crippen molar-refractivity contribution >= 4 is 5.82 Å². The Kier molecular flexibility index (Phi) is 3.32. The van der Waals surface area contributed by atoms with Gasteiger partial charge in [-0.1, -0.05) is 6.92 Å². The van der Waals surface area contributed by atoms with Crippen LogP contribution in [0.15, 0.2) is 12.3 Å². The highest BCUT2D eigenvalue weighted by atomic mass is 15.3. The number of hydrogen-bond donors (Lipinski definition) is 0. The second-order valence-corrected chi connectivity index (χ2v) is 3.80. The zero-order chi connectivity index (χ0) is 11.4. The second kappa shape index (κ2) is 4.90. The quantitative estimate of drug-likeness (QED) is 0.721. The molecule has 1 fully saturated rings. The van der Waals surface area contributed by atoms with E-state index in [4.69, 9.17) is 5.26 Å². The SMILES string of the molecule is CCN1CCN(c2nnccc2C#N)CC1. The van der Waals surface area contributed by atoms with Crippen molar-refractivity contribution in [3.8, 4) is 6.07 Å². The van der Waals surface area contributed by atoms with Crippen molar-refractivity contribution in [2.75, 3.05) is 37.6 Å². The van der Waals surface area contributed by atoms with Gasteiger partial charge in [-0.05, 0) is 12.6 Å². The zero-order valence-corrected chi connectivity index (χ0v) is 9.43. The molecule has 16 heavy (non-hydrogen) atoms. The van der Waals surface area contributed by atoms with Gasteiger partial charge in [-0.3, -0.25) is 0 Å². The van der Waals surface area contributed by atoms with Crippen LogP contribution in [0.3, 0.4) is 0 Å². The predicted molar refractivity (Wildman–Crippen MR) is 61.1 cm³/mol. The number of piperazine rings is 1. The molecule has 0 aliphatic carbocycles. The summed E-state index contributed by atoms with van der Waals surface area (Å²) in [7, 11) is 0. The minimum absolute atomic E-state index is 0.611. The fourth-order valence-corrected chi connectivity index (χ4v) is 1.92. The Morgan fingerprint density at radius 1 is 1.38 bits per heavy atom. The van der Waals surface area contributed by atoms with Gasteiger partial charge in [0.1, 0.15) is 6.07 Å². The minimum atomic E-state index is 0.611. The molecule has 0 spiro atoms. The van der Waals surface area contributed by atoms with Crippen molar-refractivity contribution in [3.05, 3.63) is 17.8 Å². The molecule has 0 amide bonds. The van der Waals surface area contributed by atoms with Gasteiger partial charge in [0.2, 0.25) is 0 Å². The van der Waals surface area contributed by atoms with Crippen LogP contribution in [0, 0.1) is 11.3 Å². The number of nitriles is 1. The molecular formula is C11H15N5. The Morgan fingerprint density at radius 2 is 2.12 bits per heavy atom. The average Bonchev–Trinajstić information content (AvgIpc) is 2.39. The molecule has 5 heteroatoms. The molecular weight excluding hydrogens is 202 g/mol. The zero-order valence-electron chi connectivity index (χ0n) is 9.43. The lowest BCUT2D eigenvalue weighted by atomic mass is 10.2. The lowest BCUT2D eigenvalue weighted by Crippen LogP contribution is -2.46. The van der Waals surface area contributed by atoms with Crippen molar-refractivity contribution in [1.82, 2.24) is 15.1 Å². The smallest absolute Gasteiger partial charge is 0.169 e. The number of nitrogens with zero attached hydrogens (tertiary/aromatic N) is 5. The van der Waals surface area contributed by atoms with Gasteiger partial charge < -0.3 is 9.80 Å². The Balaban J connectivity index is 2.11. The summed E-state index contributed by atoms with van der Waals surface area (Å²) in [6, 6.07) is 3.88. The molecule has 2 rings (SSSR count). The Morgan fingerprint density at radius 3 is 2.75 bits per heavy atom. The molecule has 1 aliphatic rings. The van der Waals surface area contributed by atoms with E-state index in [9.17, 15) is 0 Å². The van der Waals surface area contributed by atoms with Gasteiger partial charge in [0.15, 0.2) is 5.82 Å². The first-order chi connectivity index (χ1) is 7.85. The Bertz CT molecular complexity index is 390. The fourth-order valence-electron chi connectivity index (χ4n) is 1.92. The van der Waals surface area contributed by atoms with Crippen LogP contribution in [0.5, 0.6) is 0 Å². The first-order valence-electron chi connectivity index (χ1n) is 5.54. The summed E-state index contributed by atoms with van der Waals surface area (Å²) in [6.07, 6.45) is 1.56. The van der Waals surface area contributed by atoms with E-state index < -0.39 is 0 Å². The predicted octanol–water partition coefficient (Wildman–Crippen LogP) is 0.490. The van der Waals surface area contributed by atoms with Crippen molar-refractivity contribution < 1.29 is 0 Å². The summed E-state index contributed by atoms with van der Waals surface area (Å²) in [6.45, 7) is 7.14. The highest BCUT2D eigenvalue weighted by Crippen LogP contribution is 2.16. The largest absolute Gasteiger partial charge is 0.351 e. The first kappa shape index (κ1) is 10.8. The Hall–Kier alpha value is -1.67. The van der Waals surface area contributed by atoms with E-state index in [1.54, 1.807) is 12.3 Å². The standard InChI is InChI=1S/C11H15N5/c1-2-15-5-7-16(8-6-15)11-10(9-12)3-4-13-14-11/h3-4H,2,5-8H2,1H3. The molecule has 0 aromatic carbocycles. The van der Waals surface area contributed by atoms with E-state index >= 15 is 0 Å². The third-order valence-electron chi connectivity index (χ3n) is 2.94. The van der Waals surface area contributed by atoms with Crippen molar-refractivity contribution in [1.29, 1.82) is 5.26 Å². The Labute approximate surface area is 95.3 Å². The minimum Gasteiger partial charge on any atom is -0.351 e. The third-order valence-corrected chi connectivity index (χ3v) is 2.94. The molecule has 0 radical (unpaired) electrons. The van der Waals surface area contributed by atoms with Gasteiger partial charge in [-0.15, -0.1) is 5.10 Å². The van der Waals surface area contributed by atoms with E-state index in [1.807, 2.05) is 0 Å². The van der Waals surface area contributed by atoms with Crippen molar-refractivity contribution in [2.24, 2.45) is 0 Å². The van der Waals surface area contributed by atoms with E-state index in [1.165, 1.54) is 0 Å². The first-order valence-corrected chi connectivity index (χ1v) is 5.54. The van der Waals surface area contributed by atoms with Gasteiger partial charge in [0.05, 0.1) is 11.8 Å². The van der Waals surface area contributed by atoms with Crippen LogP contribution < -0.4 is 4.90 Å². The van der Waals surface area contributed by atoms with Crippen LogP contribution in [0.25, 0.3) is 0 Å². The molecule has 1 saturated heterocycles. The molecule has 84 valence electrons. The molecule has 5 nitrogen and oxygen atoms in total. The normalized spacial score (nSPS) is 17.1. The number of anilines is 1. The van der Waals surface area contributed by atoms with Gasteiger partial charge in [-0.2, -0.15) is 10.4 Å². The van der Waals surface area contributed by atoms with E-state index in [-0.39, 0.29) is 0 Å². The molecule has 1 aliphatic heterocycles. The maximum absolute atomic E-state index is 8.99. The summed E-state index contributed by atoms with van der Waals surface area (Å²) in [5, 5.41) is 16.9.